The van der Waals surface area contributed by atoms with Crippen molar-refractivity contribution in [1.82, 2.24) is 15.1 Å². The van der Waals surface area contributed by atoms with Crippen LogP contribution in [0.5, 0.6) is 0 Å². The molecule has 1 aromatic carbocycles. The fourth-order valence-corrected chi connectivity index (χ4v) is 2.71. The third-order valence-electron chi connectivity index (χ3n) is 4.17. The standard InChI is InChI=1S/C17H27N3O/c1-4-14-5-7-15(8-6-14)13-18-16-9-11-20(12-10-16)17(21)19(2)3/h5-8,16,18H,4,9-13H2,1-3H3. The Bertz CT molecular complexity index is 448. The van der Waals surface area contributed by atoms with Crippen LogP contribution in [-0.4, -0.2) is 49.1 Å². The van der Waals surface area contributed by atoms with E-state index in [-0.39, 0.29) is 6.03 Å². The third-order valence-corrected chi connectivity index (χ3v) is 4.17. The summed E-state index contributed by atoms with van der Waals surface area (Å²) in [6.45, 7) is 4.79. The molecule has 116 valence electrons. The van der Waals surface area contributed by atoms with Gasteiger partial charge in [-0.2, -0.15) is 0 Å². The number of hydrogen-bond acceptors (Lipinski definition) is 2. The Labute approximate surface area is 128 Å². The Morgan fingerprint density at radius 1 is 1.19 bits per heavy atom. The SMILES string of the molecule is CCc1ccc(CNC2CCN(C(=O)N(C)C)CC2)cc1. The van der Waals surface area contributed by atoms with Crippen LogP contribution in [0.3, 0.4) is 0 Å². The number of carbonyl (C=O) groups excluding carboxylic acids is 1. The van der Waals surface area contributed by atoms with Crippen LogP contribution in [0.15, 0.2) is 24.3 Å². The molecule has 21 heavy (non-hydrogen) atoms. The van der Waals surface area contributed by atoms with Crippen molar-refractivity contribution >= 4 is 6.03 Å². The molecular formula is C17H27N3O. The summed E-state index contributed by atoms with van der Waals surface area (Å²) in [4.78, 5) is 15.5. The van der Waals surface area contributed by atoms with Gasteiger partial charge >= 0.3 is 6.03 Å². The minimum absolute atomic E-state index is 0.128. The fourth-order valence-electron chi connectivity index (χ4n) is 2.71. The molecule has 0 radical (unpaired) electrons. The molecule has 2 rings (SSSR count). The molecule has 0 aliphatic carbocycles. The highest BCUT2D eigenvalue weighted by molar-refractivity contribution is 5.73. The van der Waals surface area contributed by atoms with Crippen LogP contribution in [0.1, 0.15) is 30.9 Å². The van der Waals surface area contributed by atoms with E-state index in [1.54, 1.807) is 4.90 Å². The quantitative estimate of drug-likeness (QED) is 0.924. The van der Waals surface area contributed by atoms with Gasteiger partial charge in [-0.3, -0.25) is 0 Å². The zero-order valence-electron chi connectivity index (χ0n) is 13.4. The number of rotatable bonds is 4. The molecule has 1 heterocycles. The summed E-state index contributed by atoms with van der Waals surface area (Å²) < 4.78 is 0. The third kappa shape index (κ3) is 4.46. The Hall–Kier alpha value is -1.55. The minimum atomic E-state index is 0.128. The van der Waals surface area contributed by atoms with E-state index >= 15 is 0 Å². The summed E-state index contributed by atoms with van der Waals surface area (Å²) in [5.74, 6) is 0. The van der Waals surface area contributed by atoms with Crippen LogP contribution in [0.2, 0.25) is 0 Å². The molecule has 2 amide bonds. The van der Waals surface area contributed by atoms with E-state index in [0.29, 0.717) is 6.04 Å². The molecule has 1 aliphatic rings. The monoisotopic (exact) mass is 289 g/mol. The molecule has 1 N–H and O–H groups in total. The number of carbonyl (C=O) groups is 1. The second kappa shape index (κ2) is 7.46. The topological polar surface area (TPSA) is 35.6 Å². The Balaban J connectivity index is 1.74. The lowest BCUT2D eigenvalue weighted by atomic mass is 10.0. The first kappa shape index (κ1) is 15.8. The number of nitrogens with zero attached hydrogens (tertiary/aromatic N) is 2. The van der Waals surface area contributed by atoms with E-state index < -0.39 is 0 Å². The van der Waals surface area contributed by atoms with Gasteiger partial charge in [0.1, 0.15) is 0 Å². The van der Waals surface area contributed by atoms with Crippen LogP contribution < -0.4 is 5.32 Å². The number of benzene rings is 1. The zero-order valence-corrected chi connectivity index (χ0v) is 13.4. The largest absolute Gasteiger partial charge is 0.331 e. The average molecular weight is 289 g/mol. The molecule has 1 aromatic rings. The number of nitrogens with one attached hydrogen (secondary N) is 1. The van der Waals surface area contributed by atoms with Gasteiger partial charge in [-0.15, -0.1) is 0 Å². The van der Waals surface area contributed by atoms with E-state index in [1.807, 2.05) is 19.0 Å². The summed E-state index contributed by atoms with van der Waals surface area (Å²) in [5.41, 5.74) is 2.72. The highest BCUT2D eigenvalue weighted by atomic mass is 16.2. The van der Waals surface area contributed by atoms with Crippen molar-refractivity contribution in [3.05, 3.63) is 35.4 Å². The van der Waals surface area contributed by atoms with E-state index in [4.69, 9.17) is 0 Å². The summed E-state index contributed by atoms with van der Waals surface area (Å²) in [6.07, 6.45) is 3.16. The first-order valence-corrected chi connectivity index (χ1v) is 7.87. The number of piperidine rings is 1. The predicted octanol–water partition coefficient (Wildman–Crippen LogP) is 2.48. The van der Waals surface area contributed by atoms with Crippen molar-refractivity contribution < 1.29 is 4.79 Å². The average Bonchev–Trinajstić information content (AvgIpc) is 2.53. The van der Waals surface area contributed by atoms with Gasteiger partial charge in [0, 0.05) is 39.8 Å². The highest BCUT2D eigenvalue weighted by Crippen LogP contribution is 2.13. The molecule has 0 bridgehead atoms. The predicted molar refractivity (Wildman–Crippen MR) is 86.3 cm³/mol. The highest BCUT2D eigenvalue weighted by Gasteiger charge is 2.23. The van der Waals surface area contributed by atoms with Gasteiger partial charge in [0.2, 0.25) is 0 Å². The molecule has 4 heteroatoms. The van der Waals surface area contributed by atoms with Crippen molar-refractivity contribution in [2.24, 2.45) is 0 Å². The molecule has 0 aromatic heterocycles. The number of urea groups is 1. The molecule has 0 spiro atoms. The molecule has 1 fully saturated rings. The van der Waals surface area contributed by atoms with Gasteiger partial charge in [-0.25, -0.2) is 4.79 Å². The van der Waals surface area contributed by atoms with Gasteiger partial charge in [-0.1, -0.05) is 31.2 Å². The van der Waals surface area contributed by atoms with Crippen molar-refractivity contribution in [3.8, 4) is 0 Å². The van der Waals surface area contributed by atoms with Gasteiger partial charge in [0.15, 0.2) is 0 Å². The maximum absolute atomic E-state index is 11.9. The van der Waals surface area contributed by atoms with E-state index in [2.05, 4.69) is 36.5 Å². The number of hydrogen-bond donors (Lipinski definition) is 1. The van der Waals surface area contributed by atoms with Crippen LogP contribution in [0, 0.1) is 0 Å². The maximum atomic E-state index is 11.9. The molecule has 0 atom stereocenters. The Kier molecular flexibility index (Phi) is 5.62. The second-order valence-corrected chi connectivity index (χ2v) is 5.99. The van der Waals surface area contributed by atoms with Gasteiger partial charge in [-0.05, 0) is 30.4 Å². The lowest BCUT2D eigenvalue weighted by Crippen LogP contribution is -2.47. The van der Waals surface area contributed by atoms with Gasteiger partial charge < -0.3 is 15.1 Å². The summed E-state index contributed by atoms with van der Waals surface area (Å²) >= 11 is 0. The van der Waals surface area contributed by atoms with Crippen LogP contribution in [-0.2, 0) is 13.0 Å². The van der Waals surface area contributed by atoms with Crippen LogP contribution >= 0.6 is 0 Å². The Morgan fingerprint density at radius 3 is 2.29 bits per heavy atom. The zero-order chi connectivity index (χ0) is 15.2. The van der Waals surface area contributed by atoms with E-state index in [0.717, 1.165) is 38.9 Å². The number of likely N-dealkylation sites (tertiary alicyclic amines) is 1. The molecular weight excluding hydrogens is 262 g/mol. The van der Waals surface area contributed by atoms with E-state index in [1.165, 1.54) is 11.1 Å². The normalized spacial score (nSPS) is 16.0. The lowest BCUT2D eigenvalue weighted by Gasteiger charge is -2.34. The Morgan fingerprint density at radius 2 is 1.76 bits per heavy atom. The van der Waals surface area contributed by atoms with Crippen molar-refractivity contribution in [3.63, 3.8) is 0 Å². The summed E-state index contributed by atoms with van der Waals surface area (Å²) in [7, 11) is 3.62. The lowest BCUT2D eigenvalue weighted by molar-refractivity contribution is 0.152. The summed E-state index contributed by atoms with van der Waals surface area (Å²) in [5, 5.41) is 3.61. The molecule has 1 aliphatic heterocycles. The summed E-state index contributed by atoms with van der Waals surface area (Å²) in [6, 6.07) is 9.46. The van der Waals surface area contributed by atoms with Crippen LogP contribution in [0.4, 0.5) is 4.79 Å². The van der Waals surface area contributed by atoms with Crippen LogP contribution in [0.25, 0.3) is 0 Å². The minimum Gasteiger partial charge on any atom is -0.331 e. The molecule has 1 saturated heterocycles. The smallest absolute Gasteiger partial charge is 0.319 e. The van der Waals surface area contributed by atoms with Crippen molar-refractivity contribution in [1.29, 1.82) is 0 Å². The number of aryl methyl sites for hydroxylation is 1. The second-order valence-electron chi connectivity index (χ2n) is 5.99. The maximum Gasteiger partial charge on any atom is 0.319 e. The van der Waals surface area contributed by atoms with Crippen molar-refractivity contribution in [2.75, 3.05) is 27.2 Å². The number of amides is 2. The molecule has 4 nitrogen and oxygen atoms in total. The van der Waals surface area contributed by atoms with Gasteiger partial charge in [0.05, 0.1) is 0 Å². The first-order valence-electron chi connectivity index (χ1n) is 7.87. The molecule has 0 unspecified atom stereocenters. The van der Waals surface area contributed by atoms with Gasteiger partial charge in [0.25, 0.3) is 0 Å². The van der Waals surface area contributed by atoms with Crippen molar-refractivity contribution in [2.45, 2.75) is 38.8 Å². The van der Waals surface area contributed by atoms with E-state index in [9.17, 15) is 4.79 Å². The molecule has 0 saturated carbocycles. The first-order chi connectivity index (χ1) is 10.1. The fraction of sp³-hybridized carbons (Fsp3) is 0.588.